The average Bonchev–Trinajstić information content (AvgIpc) is 3.25. The third kappa shape index (κ3) is 8.21. The van der Waals surface area contributed by atoms with E-state index >= 15 is 0 Å². The number of halogens is 2. The van der Waals surface area contributed by atoms with E-state index in [2.05, 4.69) is 115 Å². The summed E-state index contributed by atoms with van der Waals surface area (Å²) in [5.74, 6) is 0.560. The summed E-state index contributed by atoms with van der Waals surface area (Å²) in [5, 5.41) is 2.78. The zero-order valence-electron chi connectivity index (χ0n) is 20.6. The standard InChI is InChI=1S/C17H15.C9H13.C2H6Si.2ClH.Zr/c1-12-8-9-13(2)17-15(12)10-11-16(17)14-6-4-3-5-7-14;1-6-5-7(2)9(4)8(6)3;1-3-2;;;/h3-11H,1-2H3;6H,1-4H3;1-2H3;2*1H;/q2*-1;;;;+2. The fourth-order valence-electron chi connectivity index (χ4n) is 3.68. The Kier molecular flexibility index (Phi) is 14.1. The second-order valence-electron chi connectivity index (χ2n) is 8.40. The van der Waals surface area contributed by atoms with E-state index in [4.69, 9.17) is 0 Å². The zero-order valence-corrected chi connectivity index (χ0v) is 25.7. The van der Waals surface area contributed by atoms with Crippen molar-refractivity contribution >= 4 is 41.0 Å². The third-order valence-electron chi connectivity index (χ3n) is 5.68. The van der Waals surface area contributed by atoms with Crippen molar-refractivity contribution in [1.82, 2.24) is 0 Å². The van der Waals surface area contributed by atoms with Crippen LogP contribution in [0.5, 0.6) is 0 Å². The maximum Gasteiger partial charge on any atom is -0.0487 e. The molecule has 1 aliphatic carbocycles. The fourth-order valence-corrected chi connectivity index (χ4v) is 3.68. The van der Waals surface area contributed by atoms with E-state index in [1.54, 1.807) is 23.3 Å². The molecule has 4 heteroatoms. The number of aryl methyl sites for hydroxylation is 2. The van der Waals surface area contributed by atoms with Gasteiger partial charge >= 0.3 is 41.9 Å². The van der Waals surface area contributed by atoms with Gasteiger partial charge in [-0.1, -0.05) is 81.1 Å². The quantitative estimate of drug-likeness (QED) is 0.205. The van der Waals surface area contributed by atoms with Crippen LogP contribution in [-0.2, 0) is 23.3 Å². The molecule has 3 aromatic carbocycles. The number of hydrogen-bond donors (Lipinski definition) is 0. The van der Waals surface area contributed by atoms with E-state index in [1.807, 2.05) is 0 Å². The summed E-state index contributed by atoms with van der Waals surface area (Å²) < 4.78 is 0. The van der Waals surface area contributed by atoms with Crippen molar-refractivity contribution in [2.45, 2.75) is 54.6 Å². The van der Waals surface area contributed by atoms with Crippen molar-refractivity contribution in [3.05, 3.63) is 88.5 Å². The minimum atomic E-state index is 0. The first-order valence-corrected chi connectivity index (χ1v) is 16.8. The minimum Gasteiger partial charge on any atom is -0.147 e. The van der Waals surface area contributed by atoms with E-state index in [0.29, 0.717) is 5.92 Å². The van der Waals surface area contributed by atoms with Crippen LogP contribution in [0, 0.1) is 25.8 Å². The molecule has 32 heavy (non-hydrogen) atoms. The normalized spacial score (nSPS) is 14.3. The summed E-state index contributed by atoms with van der Waals surface area (Å²) in [6.07, 6.45) is 3.36. The van der Waals surface area contributed by atoms with Gasteiger partial charge in [-0.15, -0.1) is 71.8 Å². The van der Waals surface area contributed by atoms with E-state index in [1.165, 1.54) is 49.7 Å². The largest absolute Gasteiger partial charge is 0.147 e. The van der Waals surface area contributed by atoms with E-state index < -0.39 is 0 Å². The van der Waals surface area contributed by atoms with Gasteiger partial charge in [-0.05, 0) is 6.92 Å². The van der Waals surface area contributed by atoms with Crippen LogP contribution < -0.4 is 0 Å². The third-order valence-corrected chi connectivity index (χ3v) is 5.68. The molecule has 4 rings (SSSR count). The molecular weight excluding hydrogens is 527 g/mol. The summed E-state index contributed by atoms with van der Waals surface area (Å²) >= 11 is 1.74. The van der Waals surface area contributed by atoms with E-state index in [-0.39, 0.29) is 30.2 Å². The van der Waals surface area contributed by atoms with Crippen LogP contribution in [0.4, 0.5) is 0 Å². The van der Waals surface area contributed by atoms with Gasteiger partial charge < -0.3 is 0 Å². The van der Waals surface area contributed by atoms with Crippen molar-refractivity contribution in [3.8, 4) is 11.1 Å². The fraction of sp³-hybridized carbons (Fsp3) is 0.321. The molecule has 1 unspecified atom stereocenters. The van der Waals surface area contributed by atoms with Crippen LogP contribution in [0.2, 0.25) is 13.1 Å². The molecule has 0 amide bonds. The van der Waals surface area contributed by atoms with Crippen LogP contribution in [0.1, 0.15) is 38.8 Å². The Morgan fingerprint density at radius 1 is 0.875 bits per heavy atom. The zero-order chi connectivity index (χ0) is 22.4. The van der Waals surface area contributed by atoms with E-state index in [0.717, 1.165) is 0 Å². The molecule has 0 N–H and O–H groups in total. The topological polar surface area (TPSA) is 0 Å². The first-order chi connectivity index (χ1) is 14.1. The van der Waals surface area contributed by atoms with Gasteiger partial charge in [0.05, 0.1) is 0 Å². The SMILES string of the molecule is CC1=[C-]C(C)C(C)=C1C.C[Si](C)=[Zr+2].Cc1ccc(C)c2c(-c3ccccc3)c[cH-]c12.Cl.Cl. The molecule has 0 saturated heterocycles. The number of benzene rings is 2. The Bertz CT molecular complexity index is 1090. The second kappa shape index (κ2) is 14.5. The molecule has 0 aliphatic heterocycles. The molecular formula is C28H36Cl2SiZr. The Balaban J connectivity index is 0.000000547. The summed E-state index contributed by atoms with van der Waals surface area (Å²) in [6, 6.07) is 19.5. The number of allylic oxidation sites excluding steroid dienone is 4. The van der Waals surface area contributed by atoms with Gasteiger partial charge in [0.1, 0.15) is 0 Å². The van der Waals surface area contributed by atoms with Crippen LogP contribution in [0.25, 0.3) is 21.9 Å². The summed E-state index contributed by atoms with van der Waals surface area (Å²) in [6.45, 7) is 17.7. The maximum atomic E-state index is 3.36. The summed E-state index contributed by atoms with van der Waals surface area (Å²) in [7, 11) is 0. The van der Waals surface area contributed by atoms with Gasteiger partial charge in [-0.25, -0.2) is 5.57 Å². The molecule has 0 aromatic heterocycles. The first-order valence-electron chi connectivity index (χ1n) is 10.6. The van der Waals surface area contributed by atoms with Crippen molar-refractivity contribution < 1.29 is 23.3 Å². The van der Waals surface area contributed by atoms with Gasteiger partial charge in [0.25, 0.3) is 0 Å². The smallest absolute Gasteiger partial charge is 0.0487 e. The summed E-state index contributed by atoms with van der Waals surface area (Å²) in [4.78, 5) is 0. The monoisotopic (exact) mass is 560 g/mol. The Morgan fingerprint density at radius 3 is 1.84 bits per heavy atom. The molecule has 0 saturated carbocycles. The molecule has 1 aliphatic rings. The molecule has 0 radical (unpaired) electrons. The van der Waals surface area contributed by atoms with Crippen LogP contribution in [0.15, 0.2) is 71.3 Å². The van der Waals surface area contributed by atoms with Gasteiger partial charge in [-0.3, -0.25) is 6.08 Å². The Morgan fingerprint density at radius 2 is 1.41 bits per heavy atom. The average molecular weight is 563 g/mol. The number of rotatable bonds is 1. The van der Waals surface area contributed by atoms with Crippen molar-refractivity contribution in [2.24, 2.45) is 5.92 Å². The molecule has 1 atom stereocenters. The van der Waals surface area contributed by atoms with Crippen LogP contribution >= 0.6 is 24.8 Å². The van der Waals surface area contributed by atoms with Gasteiger partial charge in [0, 0.05) is 0 Å². The first kappa shape index (κ1) is 31.2. The van der Waals surface area contributed by atoms with Crippen LogP contribution in [0.3, 0.4) is 0 Å². The second-order valence-corrected chi connectivity index (χ2v) is 17.8. The molecule has 0 nitrogen and oxygen atoms in total. The van der Waals surface area contributed by atoms with Crippen molar-refractivity contribution in [3.63, 3.8) is 0 Å². The van der Waals surface area contributed by atoms with Crippen molar-refractivity contribution in [2.75, 3.05) is 0 Å². The van der Waals surface area contributed by atoms with Crippen molar-refractivity contribution in [1.29, 1.82) is 0 Å². The molecule has 0 fully saturated rings. The van der Waals surface area contributed by atoms with Gasteiger partial charge in [0.2, 0.25) is 0 Å². The van der Waals surface area contributed by atoms with Gasteiger partial charge in [-0.2, -0.15) is 11.1 Å². The molecule has 0 heterocycles. The van der Waals surface area contributed by atoms with Crippen LogP contribution in [-0.4, -0.2) is 5.43 Å². The molecule has 170 valence electrons. The minimum absolute atomic E-state index is 0. The van der Waals surface area contributed by atoms with E-state index in [9.17, 15) is 0 Å². The number of fused-ring (bicyclic) bond motifs is 1. The molecule has 0 spiro atoms. The summed E-state index contributed by atoms with van der Waals surface area (Å²) in [5.41, 5.74) is 9.82. The maximum absolute atomic E-state index is 3.36. The predicted molar refractivity (Wildman–Crippen MR) is 146 cm³/mol. The Labute approximate surface area is 223 Å². The predicted octanol–water partition coefficient (Wildman–Crippen LogP) is 9.19. The van der Waals surface area contributed by atoms with Gasteiger partial charge in [0.15, 0.2) is 0 Å². The molecule has 0 bridgehead atoms. The molecule has 3 aromatic rings. The Hall–Kier alpha value is -0.790. The number of hydrogen-bond acceptors (Lipinski definition) is 0.